The number of aliphatic imine (C=N–C) groups is 1. The zero-order chi connectivity index (χ0) is 29.1. The number of nitrogens with one attached hydrogen (secondary N) is 1. The van der Waals surface area contributed by atoms with Crippen molar-refractivity contribution in [3.63, 3.8) is 0 Å². The molecule has 0 bridgehead atoms. The van der Waals surface area contributed by atoms with Crippen molar-refractivity contribution in [2.75, 3.05) is 31.5 Å². The van der Waals surface area contributed by atoms with Crippen molar-refractivity contribution in [3.8, 4) is 6.07 Å². The number of hydrogen-bond acceptors (Lipinski definition) is 5. The second kappa shape index (κ2) is 12.4. The van der Waals surface area contributed by atoms with E-state index in [2.05, 4.69) is 50.3 Å². The molecule has 0 saturated carbocycles. The molecule has 1 aromatic heterocycles. The number of amides is 2. The molecule has 0 radical (unpaired) electrons. The fraction of sp³-hybridized carbons (Fsp3) is 0.333. The molecule has 2 aromatic carbocycles. The molecule has 3 aliphatic rings. The molecule has 1 aliphatic carbocycles. The number of hydrogen-bond donors (Lipinski definition) is 1. The van der Waals surface area contributed by atoms with Gasteiger partial charge < -0.3 is 14.8 Å². The van der Waals surface area contributed by atoms with Crippen molar-refractivity contribution in [1.29, 1.82) is 5.26 Å². The highest BCUT2D eigenvalue weighted by Gasteiger charge is 2.34. The van der Waals surface area contributed by atoms with E-state index in [0.717, 1.165) is 61.9 Å². The van der Waals surface area contributed by atoms with Crippen LogP contribution in [0.4, 0.5) is 10.5 Å². The lowest BCUT2D eigenvalue weighted by Gasteiger charge is -2.40. The normalized spacial score (nSPS) is 18.8. The van der Waals surface area contributed by atoms with Crippen LogP contribution in [0.3, 0.4) is 0 Å². The number of aromatic nitrogens is 2. The second-order valence-electron chi connectivity index (χ2n) is 11.0. The molecule has 214 valence electrons. The highest BCUT2D eigenvalue weighted by atomic mass is 35.5. The summed E-state index contributed by atoms with van der Waals surface area (Å²) in [7, 11) is 0. The van der Waals surface area contributed by atoms with Crippen molar-refractivity contribution >= 4 is 35.1 Å². The van der Waals surface area contributed by atoms with E-state index in [0.29, 0.717) is 24.3 Å². The molecule has 1 atom stereocenters. The van der Waals surface area contributed by atoms with Gasteiger partial charge in [0.25, 0.3) is 0 Å². The summed E-state index contributed by atoms with van der Waals surface area (Å²) < 4.78 is 2.19. The van der Waals surface area contributed by atoms with E-state index in [1.54, 1.807) is 24.3 Å². The minimum absolute atomic E-state index is 0.0194. The molecule has 1 saturated heterocycles. The number of carbonyl (C=O) groups is 1. The Kier molecular flexibility index (Phi) is 8.22. The van der Waals surface area contributed by atoms with Crippen LogP contribution in [0.2, 0.25) is 5.02 Å². The van der Waals surface area contributed by atoms with Crippen LogP contribution < -0.4 is 5.32 Å². The number of rotatable bonds is 5. The van der Waals surface area contributed by atoms with Crippen LogP contribution in [0.25, 0.3) is 5.57 Å². The Bertz CT molecular complexity index is 1600. The van der Waals surface area contributed by atoms with Crippen LogP contribution in [-0.2, 0) is 6.54 Å². The minimum atomic E-state index is -0.126. The lowest BCUT2D eigenvalue weighted by Crippen LogP contribution is -2.51. The first kappa shape index (κ1) is 28.0. The average molecular weight is 580 g/mol. The quantitative estimate of drug-likeness (QED) is 0.368. The number of halogens is 1. The van der Waals surface area contributed by atoms with Gasteiger partial charge in [0.05, 0.1) is 23.4 Å². The number of fused-ring (bicyclic) bond motifs is 1. The number of nitrogens with zero attached hydrogens (tertiary/aromatic N) is 6. The van der Waals surface area contributed by atoms with E-state index in [9.17, 15) is 4.79 Å². The highest BCUT2D eigenvalue weighted by molar-refractivity contribution is 6.30. The summed E-state index contributed by atoms with van der Waals surface area (Å²) in [6, 6.07) is 15.2. The largest absolute Gasteiger partial charge is 0.335 e. The van der Waals surface area contributed by atoms with Crippen molar-refractivity contribution < 1.29 is 4.79 Å². The molecule has 6 rings (SSSR count). The molecule has 1 N–H and O–H groups in total. The van der Waals surface area contributed by atoms with E-state index in [1.807, 2.05) is 30.3 Å². The molecule has 3 aromatic rings. The topological polar surface area (TPSA) is 89.6 Å². The number of imidazole rings is 1. The molecule has 2 aliphatic heterocycles. The van der Waals surface area contributed by atoms with Gasteiger partial charge in [0.1, 0.15) is 5.82 Å². The maximum absolute atomic E-state index is 13.1. The minimum Gasteiger partial charge on any atom is -0.335 e. The molecule has 8 nitrogen and oxygen atoms in total. The third-order valence-electron chi connectivity index (χ3n) is 8.38. The lowest BCUT2D eigenvalue weighted by molar-refractivity contribution is 0.124. The van der Waals surface area contributed by atoms with Gasteiger partial charge >= 0.3 is 6.03 Å². The van der Waals surface area contributed by atoms with Crippen LogP contribution in [0, 0.1) is 18.3 Å². The van der Waals surface area contributed by atoms with Crippen LogP contribution in [0.1, 0.15) is 54.2 Å². The number of nitriles is 1. The van der Waals surface area contributed by atoms with E-state index < -0.39 is 0 Å². The van der Waals surface area contributed by atoms with Crippen LogP contribution in [-0.4, -0.2) is 57.8 Å². The predicted molar refractivity (Wildman–Crippen MR) is 166 cm³/mol. The molecule has 0 spiro atoms. The molecule has 1 unspecified atom stereocenters. The summed E-state index contributed by atoms with van der Waals surface area (Å²) in [6.45, 7) is 5.54. The van der Waals surface area contributed by atoms with E-state index in [1.165, 1.54) is 22.3 Å². The number of benzene rings is 2. The Morgan fingerprint density at radius 3 is 2.69 bits per heavy atom. The first-order chi connectivity index (χ1) is 20.5. The average Bonchev–Trinajstić information content (AvgIpc) is 3.21. The summed E-state index contributed by atoms with van der Waals surface area (Å²) in [5.74, 6) is 1.01. The van der Waals surface area contributed by atoms with E-state index >= 15 is 0 Å². The van der Waals surface area contributed by atoms with Crippen molar-refractivity contribution in [3.05, 3.63) is 99.7 Å². The fourth-order valence-electron chi connectivity index (χ4n) is 6.10. The van der Waals surface area contributed by atoms with Gasteiger partial charge in [0.2, 0.25) is 0 Å². The van der Waals surface area contributed by atoms with Gasteiger partial charge in [0, 0.05) is 62.0 Å². The zero-order valence-corrected chi connectivity index (χ0v) is 24.5. The molecule has 9 heteroatoms. The Labute approximate surface area is 251 Å². The summed E-state index contributed by atoms with van der Waals surface area (Å²) in [5, 5.41) is 12.7. The van der Waals surface area contributed by atoms with Crippen molar-refractivity contribution in [1.82, 2.24) is 19.4 Å². The van der Waals surface area contributed by atoms with Crippen molar-refractivity contribution in [2.45, 2.75) is 45.2 Å². The van der Waals surface area contributed by atoms with Gasteiger partial charge in [-0.2, -0.15) is 5.26 Å². The number of aryl methyl sites for hydroxylation is 2. The third kappa shape index (κ3) is 5.89. The molecular formula is C33H34ClN7O. The molecule has 1 fully saturated rings. The fourth-order valence-corrected chi connectivity index (χ4v) is 6.27. The number of anilines is 1. The number of carbonyl (C=O) groups excluding carboxylic acids is 1. The monoisotopic (exact) mass is 579 g/mol. The van der Waals surface area contributed by atoms with Crippen LogP contribution in [0.15, 0.2) is 77.2 Å². The van der Waals surface area contributed by atoms with Gasteiger partial charge in [0.15, 0.2) is 0 Å². The Hall–Kier alpha value is -4.19. The summed E-state index contributed by atoms with van der Waals surface area (Å²) >= 11 is 6.60. The van der Waals surface area contributed by atoms with E-state index in [4.69, 9.17) is 21.9 Å². The summed E-state index contributed by atoms with van der Waals surface area (Å²) in [5.41, 5.74) is 7.31. The van der Waals surface area contributed by atoms with Gasteiger partial charge in [-0.25, -0.2) is 9.78 Å². The summed E-state index contributed by atoms with van der Waals surface area (Å²) in [6.07, 6.45) is 12.2. The van der Waals surface area contributed by atoms with E-state index in [-0.39, 0.29) is 12.1 Å². The van der Waals surface area contributed by atoms with Gasteiger partial charge in [-0.05, 0) is 91.3 Å². The molecule has 3 heterocycles. The maximum Gasteiger partial charge on any atom is 0.321 e. The Morgan fingerprint density at radius 1 is 1.14 bits per heavy atom. The molecule has 42 heavy (non-hydrogen) atoms. The smallest absolute Gasteiger partial charge is 0.321 e. The van der Waals surface area contributed by atoms with Crippen molar-refractivity contribution in [2.24, 2.45) is 4.99 Å². The number of allylic oxidation sites excluding steroid dienone is 3. The van der Waals surface area contributed by atoms with Gasteiger partial charge in [-0.1, -0.05) is 23.7 Å². The van der Waals surface area contributed by atoms with Crippen LogP contribution >= 0.6 is 11.6 Å². The zero-order valence-electron chi connectivity index (χ0n) is 23.8. The number of urea groups is 1. The second-order valence-corrected chi connectivity index (χ2v) is 11.4. The van der Waals surface area contributed by atoms with Crippen LogP contribution in [0.5, 0.6) is 0 Å². The maximum atomic E-state index is 13.1. The first-order valence-corrected chi connectivity index (χ1v) is 14.9. The highest BCUT2D eigenvalue weighted by Crippen LogP contribution is 2.43. The molecular weight excluding hydrogens is 546 g/mol. The standard InChI is InChI=1S/C33H34ClN7O/c1-23-36-13-15-39(23)14-11-25-20-26-4-2-3-12-37-31(26)32(29-10-7-27(34)21-30(25)29)40-16-18-41(19-17-40)33(42)38-28-8-5-24(22-35)6-9-28/h5-10,12-13,15,20-21,32H,2-4,11,14,16-19H2,1H3,(H,38,42). The molecule has 2 amide bonds. The predicted octanol–water partition coefficient (Wildman–Crippen LogP) is 6.60. The Balaban J connectivity index is 1.26. The van der Waals surface area contributed by atoms with Gasteiger partial charge in [-0.3, -0.25) is 9.89 Å². The Morgan fingerprint density at radius 2 is 1.95 bits per heavy atom. The summed E-state index contributed by atoms with van der Waals surface area (Å²) in [4.78, 5) is 26.9. The number of piperazine rings is 1. The van der Waals surface area contributed by atoms with Gasteiger partial charge in [-0.15, -0.1) is 0 Å². The SMILES string of the molecule is Cc1nccn1CCC1=CC2=C(N=CCCC2)C(N2CCN(C(=O)Nc3ccc(C#N)cc3)CC2)c2ccc(Cl)cc21. The first-order valence-electron chi connectivity index (χ1n) is 14.5. The lowest BCUT2D eigenvalue weighted by atomic mass is 9.92. The third-order valence-corrected chi connectivity index (χ3v) is 8.61.